The highest BCUT2D eigenvalue weighted by molar-refractivity contribution is 8.13. The van der Waals surface area contributed by atoms with Gasteiger partial charge in [-0.2, -0.15) is 0 Å². The Morgan fingerprint density at radius 1 is 1.50 bits per heavy atom. The number of aliphatic imine (C=N–C) groups is 1. The van der Waals surface area contributed by atoms with Crippen LogP contribution in [0.5, 0.6) is 0 Å². The van der Waals surface area contributed by atoms with Crippen molar-refractivity contribution in [1.29, 1.82) is 0 Å². The lowest BCUT2D eigenvalue weighted by molar-refractivity contribution is 0.0564. The molecule has 3 rings (SSSR count). The predicted octanol–water partition coefficient (Wildman–Crippen LogP) is 5.25. The molecule has 7 nitrogen and oxygen atoms in total. The van der Waals surface area contributed by atoms with E-state index in [2.05, 4.69) is 15.3 Å². The molecule has 2 aliphatic rings. The summed E-state index contributed by atoms with van der Waals surface area (Å²) in [6.45, 7) is 5.49. The molecule has 0 aromatic heterocycles. The number of amides is 1. The van der Waals surface area contributed by atoms with Crippen LogP contribution in [0.15, 0.2) is 34.4 Å². The Morgan fingerprint density at radius 3 is 3.04 bits per heavy atom. The average molecular weight is 373 g/mol. The lowest BCUT2D eigenvalue weighted by Crippen LogP contribution is -2.41. The van der Waals surface area contributed by atoms with Gasteiger partial charge in [-0.05, 0) is 56.7 Å². The molecular formula is C18H23N5O2S. The first-order valence-corrected chi connectivity index (χ1v) is 9.69. The quantitative estimate of drug-likeness (QED) is 0.435. The van der Waals surface area contributed by atoms with Crippen LogP contribution in [-0.4, -0.2) is 22.6 Å². The van der Waals surface area contributed by atoms with Gasteiger partial charge in [0, 0.05) is 16.4 Å². The first kappa shape index (κ1) is 18.6. The zero-order chi connectivity index (χ0) is 18.8. The molecule has 1 amide bonds. The van der Waals surface area contributed by atoms with Crippen LogP contribution in [-0.2, 0) is 10.3 Å². The standard InChI is InChI=1S/C18H23N5O2S/c1-17(2,3)25-16(24)20-15-21-18(9-5-7-13(18)11-26-15)12-6-4-8-14(10-12)22-23-19/h4,6,8,10,13H,5,7,9,11H2,1-3H3,(H,20,21,24)/t13?,18-/m1/s1. The maximum absolute atomic E-state index is 12.1. The van der Waals surface area contributed by atoms with Gasteiger partial charge in [-0.15, -0.1) is 0 Å². The van der Waals surface area contributed by atoms with Gasteiger partial charge in [-0.1, -0.05) is 41.5 Å². The monoisotopic (exact) mass is 373 g/mol. The van der Waals surface area contributed by atoms with E-state index in [0.29, 0.717) is 16.8 Å². The summed E-state index contributed by atoms with van der Waals surface area (Å²) in [5.74, 6) is 1.29. The van der Waals surface area contributed by atoms with Crippen LogP contribution in [0.2, 0.25) is 0 Å². The minimum Gasteiger partial charge on any atom is -0.444 e. The predicted molar refractivity (Wildman–Crippen MR) is 104 cm³/mol. The summed E-state index contributed by atoms with van der Waals surface area (Å²) in [5, 5.41) is 7.10. The van der Waals surface area contributed by atoms with Crippen molar-refractivity contribution in [2.24, 2.45) is 16.0 Å². The largest absolute Gasteiger partial charge is 0.444 e. The fourth-order valence-electron chi connectivity index (χ4n) is 3.61. The fraction of sp³-hybridized carbons (Fsp3) is 0.556. The molecule has 1 heterocycles. The number of rotatable bonds is 2. The molecule has 1 aliphatic heterocycles. The molecule has 0 spiro atoms. The molecule has 0 radical (unpaired) electrons. The van der Waals surface area contributed by atoms with Gasteiger partial charge >= 0.3 is 6.09 Å². The molecule has 1 aromatic rings. The minimum atomic E-state index is -0.554. The Kier molecular flexibility index (Phi) is 5.16. The van der Waals surface area contributed by atoms with Crippen molar-refractivity contribution < 1.29 is 9.53 Å². The van der Waals surface area contributed by atoms with Gasteiger partial charge in [0.15, 0.2) is 5.17 Å². The van der Waals surface area contributed by atoms with Crippen molar-refractivity contribution in [2.45, 2.75) is 51.2 Å². The zero-order valence-corrected chi connectivity index (χ0v) is 16.0. The van der Waals surface area contributed by atoms with Crippen LogP contribution in [0.3, 0.4) is 0 Å². The minimum absolute atomic E-state index is 0.378. The maximum atomic E-state index is 12.1. The number of thioether (sulfide) groups is 1. The van der Waals surface area contributed by atoms with E-state index < -0.39 is 11.7 Å². The Morgan fingerprint density at radius 2 is 2.31 bits per heavy atom. The number of azide groups is 1. The molecular weight excluding hydrogens is 350 g/mol. The highest BCUT2D eigenvalue weighted by Gasteiger charge is 2.47. The smallest absolute Gasteiger partial charge is 0.413 e. The number of nitrogens with one attached hydrogen (secondary N) is 1. The summed E-state index contributed by atoms with van der Waals surface area (Å²) in [7, 11) is 0. The van der Waals surface area contributed by atoms with E-state index in [1.54, 1.807) is 17.8 Å². The van der Waals surface area contributed by atoms with Gasteiger partial charge in [0.25, 0.3) is 0 Å². The second kappa shape index (κ2) is 7.21. The highest BCUT2D eigenvalue weighted by atomic mass is 32.2. The molecule has 0 saturated heterocycles. The second-order valence-corrected chi connectivity index (χ2v) is 8.62. The molecule has 1 fully saturated rings. The molecule has 1 saturated carbocycles. The highest BCUT2D eigenvalue weighted by Crippen LogP contribution is 2.51. The van der Waals surface area contributed by atoms with Gasteiger partial charge in [-0.25, -0.2) is 4.79 Å². The van der Waals surface area contributed by atoms with Gasteiger partial charge in [0.05, 0.1) is 5.54 Å². The fourth-order valence-corrected chi connectivity index (χ4v) is 4.80. The summed E-state index contributed by atoms with van der Waals surface area (Å²) >= 11 is 1.56. The molecule has 1 unspecified atom stereocenters. The molecule has 26 heavy (non-hydrogen) atoms. The van der Waals surface area contributed by atoms with E-state index in [0.717, 1.165) is 30.6 Å². The first-order chi connectivity index (χ1) is 12.3. The van der Waals surface area contributed by atoms with E-state index in [4.69, 9.17) is 15.3 Å². The maximum Gasteiger partial charge on any atom is 0.413 e. The Bertz CT molecular complexity index is 782. The molecule has 2 atom stereocenters. The number of hydrogen-bond acceptors (Lipinski definition) is 5. The number of carbonyl (C=O) groups excluding carboxylic acids is 1. The number of nitrogens with zero attached hydrogens (tertiary/aromatic N) is 4. The summed E-state index contributed by atoms with van der Waals surface area (Å²) in [6.07, 6.45) is 2.61. The van der Waals surface area contributed by atoms with E-state index in [9.17, 15) is 4.79 Å². The number of hydrogen-bond donors (Lipinski definition) is 1. The van der Waals surface area contributed by atoms with Crippen molar-refractivity contribution in [1.82, 2.24) is 5.32 Å². The van der Waals surface area contributed by atoms with Crippen LogP contribution >= 0.6 is 11.8 Å². The number of carbonyl (C=O) groups is 1. The third-order valence-corrected chi connectivity index (χ3v) is 5.66. The summed E-state index contributed by atoms with van der Waals surface area (Å²) < 4.78 is 5.34. The normalized spacial score (nSPS) is 24.9. The third kappa shape index (κ3) is 3.97. The van der Waals surface area contributed by atoms with Gasteiger partial charge in [-0.3, -0.25) is 10.3 Å². The van der Waals surface area contributed by atoms with Crippen molar-refractivity contribution in [3.8, 4) is 0 Å². The van der Waals surface area contributed by atoms with Crippen LogP contribution in [0.25, 0.3) is 10.4 Å². The molecule has 8 heteroatoms. The van der Waals surface area contributed by atoms with Gasteiger partial charge < -0.3 is 4.74 Å². The first-order valence-electron chi connectivity index (χ1n) is 8.71. The van der Waals surface area contributed by atoms with E-state index in [-0.39, 0.29) is 5.54 Å². The Balaban J connectivity index is 1.91. The average Bonchev–Trinajstić information content (AvgIpc) is 2.98. The van der Waals surface area contributed by atoms with Crippen molar-refractivity contribution >= 4 is 28.7 Å². The number of ether oxygens (including phenoxy) is 1. The van der Waals surface area contributed by atoms with Crippen LogP contribution in [0.1, 0.15) is 45.6 Å². The van der Waals surface area contributed by atoms with E-state index >= 15 is 0 Å². The number of amidine groups is 1. The lowest BCUT2D eigenvalue weighted by Gasteiger charge is -2.36. The summed E-state index contributed by atoms with van der Waals surface area (Å²) in [5.41, 5.74) is 9.39. The van der Waals surface area contributed by atoms with Crippen LogP contribution in [0, 0.1) is 5.92 Å². The SMILES string of the molecule is CC(C)(C)OC(=O)NC1=N[C@@]2(c3cccc(N=[N+]=[N-])c3)CCCC2CS1. The molecule has 1 aromatic carbocycles. The summed E-state index contributed by atoms with van der Waals surface area (Å²) in [4.78, 5) is 19.9. The molecule has 1 aliphatic carbocycles. The van der Waals surface area contributed by atoms with Crippen molar-refractivity contribution in [3.05, 3.63) is 40.3 Å². The number of benzene rings is 1. The van der Waals surface area contributed by atoms with E-state index in [1.807, 2.05) is 39.0 Å². The number of fused-ring (bicyclic) bond motifs is 1. The van der Waals surface area contributed by atoms with Gasteiger partial charge in [0.2, 0.25) is 0 Å². The zero-order valence-electron chi connectivity index (χ0n) is 15.2. The van der Waals surface area contributed by atoms with Crippen LogP contribution in [0.4, 0.5) is 10.5 Å². The molecule has 138 valence electrons. The van der Waals surface area contributed by atoms with E-state index in [1.165, 1.54) is 0 Å². The van der Waals surface area contributed by atoms with Crippen molar-refractivity contribution in [3.63, 3.8) is 0 Å². The Labute approximate surface area is 157 Å². The lowest BCUT2D eigenvalue weighted by atomic mass is 9.81. The van der Waals surface area contributed by atoms with Crippen molar-refractivity contribution in [2.75, 3.05) is 5.75 Å². The second-order valence-electron chi connectivity index (χ2n) is 7.61. The third-order valence-electron chi connectivity index (χ3n) is 4.62. The molecule has 0 bridgehead atoms. The number of alkyl carbamates (subject to hydrolysis) is 1. The Hall–Kier alpha value is -2.18. The molecule has 1 N–H and O–H groups in total. The van der Waals surface area contributed by atoms with Gasteiger partial charge in [0.1, 0.15) is 5.60 Å². The topological polar surface area (TPSA) is 99.5 Å². The van der Waals surface area contributed by atoms with Crippen LogP contribution < -0.4 is 5.32 Å². The summed E-state index contributed by atoms with van der Waals surface area (Å²) in [6, 6.07) is 7.61.